The Balaban J connectivity index is 1.21. The molecular weight excluding hydrogens is 364 g/mol. The van der Waals surface area contributed by atoms with Crippen LogP contribution < -0.4 is 0 Å². The predicted molar refractivity (Wildman–Crippen MR) is 113 cm³/mol. The van der Waals surface area contributed by atoms with Crippen LogP contribution in [0.5, 0.6) is 0 Å². The second-order valence-electron chi connectivity index (χ2n) is 7.88. The van der Waals surface area contributed by atoms with Crippen LogP contribution in [0, 0.1) is 0 Å². The topological polar surface area (TPSA) is 57.5 Å². The first-order chi connectivity index (χ1) is 14.3. The molecule has 3 heterocycles. The molecule has 154 valence electrons. The van der Waals surface area contributed by atoms with Gasteiger partial charge in [-0.25, -0.2) is 4.68 Å². The summed E-state index contributed by atoms with van der Waals surface area (Å²) in [5, 5.41) is 8.29. The Labute approximate surface area is 172 Å². The first-order valence-corrected chi connectivity index (χ1v) is 10.6. The highest BCUT2D eigenvalue weighted by Crippen LogP contribution is 2.09. The molecule has 1 aromatic heterocycles. The molecule has 1 amide bonds. The van der Waals surface area contributed by atoms with Crippen molar-refractivity contribution >= 4 is 12.0 Å². The van der Waals surface area contributed by atoms with Gasteiger partial charge in [-0.05, 0) is 37.6 Å². The van der Waals surface area contributed by atoms with Crippen LogP contribution in [-0.4, -0.2) is 88.0 Å². The van der Waals surface area contributed by atoms with Gasteiger partial charge >= 0.3 is 0 Å². The molecule has 4 rings (SSSR count). The minimum atomic E-state index is 0.0572. The van der Waals surface area contributed by atoms with Crippen molar-refractivity contribution in [2.75, 3.05) is 52.4 Å². The van der Waals surface area contributed by atoms with E-state index in [-0.39, 0.29) is 5.91 Å². The van der Waals surface area contributed by atoms with Gasteiger partial charge in [0.25, 0.3) is 0 Å². The van der Waals surface area contributed by atoms with E-state index in [1.165, 1.54) is 31.5 Å². The van der Waals surface area contributed by atoms with E-state index in [0.717, 1.165) is 39.3 Å². The molecule has 1 aromatic carbocycles. The highest BCUT2D eigenvalue weighted by molar-refractivity contribution is 5.91. The van der Waals surface area contributed by atoms with Crippen molar-refractivity contribution in [2.24, 2.45) is 0 Å². The molecule has 0 saturated carbocycles. The molecular formula is C22H30N6O. The van der Waals surface area contributed by atoms with Gasteiger partial charge in [0.05, 0.1) is 12.7 Å². The third-order valence-electron chi connectivity index (χ3n) is 5.76. The Morgan fingerprint density at radius 2 is 1.62 bits per heavy atom. The monoisotopic (exact) mass is 394 g/mol. The Morgan fingerprint density at radius 3 is 2.34 bits per heavy atom. The molecule has 0 unspecified atom stereocenters. The summed E-state index contributed by atoms with van der Waals surface area (Å²) in [6, 6.07) is 10.1. The molecule has 7 heteroatoms. The molecule has 2 aliphatic heterocycles. The van der Waals surface area contributed by atoms with Gasteiger partial charge in [-0.15, -0.1) is 5.10 Å². The molecule has 2 saturated heterocycles. The van der Waals surface area contributed by atoms with Crippen LogP contribution in [0.3, 0.4) is 0 Å². The fourth-order valence-electron chi connectivity index (χ4n) is 3.98. The normalized spacial score (nSPS) is 18.7. The second-order valence-corrected chi connectivity index (χ2v) is 7.88. The quantitative estimate of drug-likeness (QED) is 0.668. The van der Waals surface area contributed by atoms with Crippen molar-refractivity contribution in [3.05, 3.63) is 53.9 Å². The lowest BCUT2D eigenvalue weighted by Gasteiger charge is -2.35. The predicted octanol–water partition coefficient (Wildman–Crippen LogP) is 1.58. The molecule has 7 nitrogen and oxygen atoms in total. The number of carbonyl (C=O) groups excluding carboxylic acids is 1. The number of hydrogen-bond donors (Lipinski definition) is 0. The fraction of sp³-hybridized carbons (Fsp3) is 0.500. The highest BCUT2D eigenvalue weighted by atomic mass is 16.2. The zero-order valence-corrected chi connectivity index (χ0v) is 17.0. The van der Waals surface area contributed by atoms with Crippen molar-refractivity contribution in [3.63, 3.8) is 0 Å². The van der Waals surface area contributed by atoms with Crippen LogP contribution in [-0.2, 0) is 11.3 Å². The van der Waals surface area contributed by atoms with Crippen LogP contribution in [0.1, 0.15) is 24.1 Å². The summed E-state index contributed by atoms with van der Waals surface area (Å²) in [5.41, 5.74) is 1.88. The van der Waals surface area contributed by atoms with Gasteiger partial charge in [0.2, 0.25) is 5.91 Å². The summed E-state index contributed by atoms with van der Waals surface area (Å²) in [7, 11) is 0. The molecule has 2 fully saturated rings. The summed E-state index contributed by atoms with van der Waals surface area (Å²) in [5.74, 6) is 0.0572. The SMILES string of the molecule is O=C(/C=C/c1cn(Cc2ccccc2)nn1)N1CCN(CCN2CCCC2)CC1. The largest absolute Gasteiger partial charge is 0.337 e. The summed E-state index contributed by atoms with van der Waals surface area (Å²) < 4.78 is 1.79. The smallest absolute Gasteiger partial charge is 0.246 e. The maximum Gasteiger partial charge on any atom is 0.246 e. The fourth-order valence-corrected chi connectivity index (χ4v) is 3.98. The Hall–Kier alpha value is -2.51. The van der Waals surface area contributed by atoms with E-state index in [1.54, 1.807) is 16.8 Å². The summed E-state index contributed by atoms with van der Waals surface area (Å²) in [6.45, 7) is 8.96. The van der Waals surface area contributed by atoms with Crippen LogP contribution in [0.2, 0.25) is 0 Å². The van der Waals surface area contributed by atoms with Gasteiger partial charge in [-0.3, -0.25) is 9.69 Å². The standard InChI is InChI=1S/C22H30N6O/c29-22(27-16-14-26(15-17-27)13-12-25-10-4-5-11-25)9-8-21-19-28(24-23-21)18-20-6-2-1-3-7-20/h1-3,6-9,19H,4-5,10-18H2/b9-8+. The maximum absolute atomic E-state index is 12.5. The lowest BCUT2D eigenvalue weighted by atomic mass is 10.2. The number of amides is 1. The number of benzene rings is 1. The van der Waals surface area contributed by atoms with E-state index in [9.17, 15) is 4.79 Å². The van der Waals surface area contributed by atoms with Gasteiger partial charge in [-0.2, -0.15) is 0 Å². The molecule has 29 heavy (non-hydrogen) atoms. The number of rotatable bonds is 7. The van der Waals surface area contributed by atoms with Crippen molar-refractivity contribution < 1.29 is 4.79 Å². The average molecular weight is 395 g/mol. The lowest BCUT2D eigenvalue weighted by molar-refractivity contribution is -0.127. The Bertz CT molecular complexity index is 804. The maximum atomic E-state index is 12.5. The molecule has 0 atom stereocenters. The molecule has 0 radical (unpaired) electrons. The van der Waals surface area contributed by atoms with Crippen LogP contribution >= 0.6 is 0 Å². The van der Waals surface area contributed by atoms with Gasteiger partial charge in [-0.1, -0.05) is 35.5 Å². The number of nitrogens with zero attached hydrogens (tertiary/aromatic N) is 6. The summed E-state index contributed by atoms with van der Waals surface area (Å²) in [4.78, 5) is 19.4. The number of likely N-dealkylation sites (tertiary alicyclic amines) is 1. The summed E-state index contributed by atoms with van der Waals surface area (Å²) in [6.07, 6.45) is 7.93. The van der Waals surface area contributed by atoms with Gasteiger partial charge < -0.3 is 9.80 Å². The zero-order chi connectivity index (χ0) is 19.9. The highest BCUT2D eigenvalue weighted by Gasteiger charge is 2.20. The third kappa shape index (κ3) is 5.74. The van der Waals surface area contributed by atoms with Crippen molar-refractivity contribution in [1.29, 1.82) is 0 Å². The minimum Gasteiger partial charge on any atom is -0.337 e. The molecule has 0 N–H and O–H groups in total. The molecule has 2 aliphatic rings. The third-order valence-corrected chi connectivity index (χ3v) is 5.76. The van der Waals surface area contributed by atoms with E-state index >= 15 is 0 Å². The Kier molecular flexibility index (Phi) is 6.69. The average Bonchev–Trinajstić information content (AvgIpc) is 3.44. The van der Waals surface area contributed by atoms with E-state index in [2.05, 4.69) is 32.2 Å². The van der Waals surface area contributed by atoms with E-state index in [1.807, 2.05) is 29.3 Å². The number of aromatic nitrogens is 3. The van der Waals surface area contributed by atoms with E-state index in [0.29, 0.717) is 12.2 Å². The molecule has 0 bridgehead atoms. The molecule has 0 spiro atoms. The van der Waals surface area contributed by atoms with E-state index in [4.69, 9.17) is 0 Å². The van der Waals surface area contributed by atoms with Crippen molar-refractivity contribution in [1.82, 2.24) is 29.7 Å². The van der Waals surface area contributed by atoms with Gasteiger partial charge in [0.1, 0.15) is 5.69 Å². The lowest BCUT2D eigenvalue weighted by Crippen LogP contribution is -2.49. The van der Waals surface area contributed by atoms with Crippen LogP contribution in [0.25, 0.3) is 6.08 Å². The number of piperazine rings is 1. The van der Waals surface area contributed by atoms with Gasteiger partial charge in [0.15, 0.2) is 0 Å². The molecule has 0 aliphatic carbocycles. The number of hydrogen-bond acceptors (Lipinski definition) is 5. The zero-order valence-electron chi connectivity index (χ0n) is 17.0. The van der Waals surface area contributed by atoms with Crippen molar-refractivity contribution in [2.45, 2.75) is 19.4 Å². The number of carbonyl (C=O) groups is 1. The minimum absolute atomic E-state index is 0.0572. The van der Waals surface area contributed by atoms with E-state index < -0.39 is 0 Å². The Morgan fingerprint density at radius 1 is 0.931 bits per heavy atom. The molecule has 2 aromatic rings. The first kappa shape index (κ1) is 19.8. The van der Waals surface area contributed by atoms with Crippen LogP contribution in [0.4, 0.5) is 0 Å². The van der Waals surface area contributed by atoms with Crippen molar-refractivity contribution in [3.8, 4) is 0 Å². The second kappa shape index (κ2) is 9.80. The summed E-state index contributed by atoms with van der Waals surface area (Å²) >= 11 is 0. The van der Waals surface area contributed by atoms with Gasteiger partial charge in [0, 0.05) is 45.3 Å². The first-order valence-electron chi connectivity index (χ1n) is 10.6. The van der Waals surface area contributed by atoms with Crippen LogP contribution in [0.15, 0.2) is 42.6 Å².